The van der Waals surface area contributed by atoms with Gasteiger partial charge in [-0.15, -0.1) is 0 Å². The molecule has 0 saturated carbocycles. The van der Waals surface area contributed by atoms with Crippen LogP contribution in [0.25, 0.3) is 0 Å². The fourth-order valence-electron chi connectivity index (χ4n) is 2.66. The third-order valence-corrected chi connectivity index (χ3v) is 4.31. The molecular formula is C17H28N2. The molecule has 1 heterocycles. The maximum Gasteiger partial charge on any atom is 0.0107 e. The number of benzene rings is 1. The van der Waals surface area contributed by atoms with E-state index in [0.717, 1.165) is 6.54 Å². The zero-order chi connectivity index (χ0) is 13.5. The zero-order valence-electron chi connectivity index (χ0n) is 12.5. The monoisotopic (exact) mass is 260 g/mol. The molecule has 1 aliphatic rings. The maximum atomic E-state index is 3.46. The van der Waals surface area contributed by atoms with Gasteiger partial charge in [-0.05, 0) is 49.4 Å². The third-order valence-electron chi connectivity index (χ3n) is 4.31. The molecule has 1 atom stereocenters. The van der Waals surface area contributed by atoms with Gasteiger partial charge in [0, 0.05) is 19.6 Å². The zero-order valence-corrected chi connectivity index (χ0v) is 12.5. The Morgan fingerprint density at radius 2 is 1.95 bits per heavy atom. The van der Waals surface area contributed by atoms with E-state index >= 15 is 0 Å². The van der Waals surface area contributed by atoms with Gasteiger partial charge in [-0.25, -0.2) is 0 Å². The van der Waals surface area contributed by atoms with Crippen LogP contribution in [0.4, 0.5) is 0 Å². The average molecular weight is 260 g/mol. The first-order chi connectivity index (χ1) is 9.29. The Bertz CT molecular complexity index is 350. The highest BCUT2D eigenvalue weighted by molar-refractivity contribution is 5.25. The lowest BCUT2D eigenvalue weighted by Crippen LogP contribution is -2.30. The molecule has 0 aromatic heterocycles. The highest BCUT2D eigenvalue weighted by atomic mass is 15.1. The summed E-state index contributed by atoms with van der Waals surface area (Å²) in [5.41, 5.74) is 2.95. The second kappa shape index (κ2) is 7.66. The number of hydrogen-bond acceptors (Lipinski definition) is 2. The molecule has 1 fully saturated rings. The molecule has 2 rings (SSSR count). The van der Waals surface area contributed by atoms with Crippen LogP contribution in [0.2, 0.25) is 0 Å². The van der Waals surface area contributed by atoms with Crippen LogP contribution in [0.5, 0.6) is 0 Å². The topological polar surface area (TPSA) is 15.3 Å². The second-order valence-electron chi connectivity index (χ2n) is 5.75. The standard InChI is InChI=1S/C17H28N2/c1-3-15(2)17-7-5-16(6-8-17)9-13-19-12-4-10-18-11-14-19/h5-8,15,18H,3-4,9-14H2,1-2H3. The average Bonchev–Trinajstić information content (AvgIpc) is 2.73. The lowest BCUT2D eigenvalue weighted by Gasteiger charge is -2.19. The largest absolute Gasteiger partial charge is 0.315 e. The minimum atomic E-state index is 0.686. The van der Waals surface area contributed by atoms with E-state index in [4.69, 9.17) is 0 Å². The van der Waals surface area contributed by atoms with Gasteiger partial charge in [-0.2, -0.15) is 0 Å². The highest BCUT2D eigenvalue weighted by Crippen LogP contribution is 2.19. The Balaban J connectivity index is 1.82. The van der Waals surface area contributed by atoms with Crippen LogP contribution in [0.15, 0.2) is 24.3 Å². The number of nitrogens with zero attached hydrogens (tertiary/aromatic N) is 1. The summed E-state index contributed by atoms with van der Waals surface area (Å²) in [4.78, 5) is 2.59. The maximum absolute atomic E-state index is 3.46. The van der Waals surface area contributed by atoms with E-state index < -0.39 is 0 Å². The molecule has 1 saturated heterocycles. The number of nitrogens with one attached hydrogen (secondary N) is 1. The van der Waals surface area contributed by atoms with Gasteiger partial charge in [0.05, 0.1) is 0 Å². The summed E-state index contributed by atoms with van der Waals surface area (Å²) < 4.78 is 0. The fourth-order valence-corrected chi connectivity index (χ4v) is 2.66. The first-order valence-electron chi connectivity index (χ1n) is 7.81. The molecule has 2 nitrogen and oxygen atoms in total. The molecule has 0 amide bonds. The summed E-state index contributed by atoms with van der Waals surface area (Å²) in [6.07, 6.45) is 3.69. The molecule has 1 aromatic carbocycles. The van der Waals surface area contributed by atoms with Gasteiger partial charge >= 0.3 is 0 Å². The van der Waals surface area contributed by atoms with Gasteiger partial charge in [0.1, 0.15) is 0 Å². The van der Waals surface area contributed by atoms with E-state index in [2.05, 4.69) is 48.3 Å². The summed E-state index contributed by atoms with van der Waals surface area (Å²) in [5.74, 6) is 0.686. The van der Waals surface area contributed by atoms with Crippen molar-refractivity contribution in [2.45, 2.75) is 39.0 Å². The lowest BCUT2D eigenvalue weighted by molar-refractivity contribution is 0.296. The van der Waals surface area contributed by atoms with Crippen LogP contribution in [0, 0.1) is 0 Å². The number of rotatable bonds is 5. The molecule has 0 radical (unpaired) electrons. The van der Waals surface area contributed by atoms with E-state index in [0.29, 0.717) is 5.92 Å². The van der Waals surface area contributed by atoms with Crippen LogP contribution in [-0.2, 0) is 6.42 Å². The van der Waals surface area contributed by atoms with Gasteiger partial charge in [-0.1, -0.05) is 38.1 Å². The molecule has 0 spiro atoms. The Labute approximate surface area is 118 Å². The molecule has 1 N–H and O–H groups in total. The van der Waals surface area contributed by atoms with Gasteiger partial charge in [0.15, 0.2) is 0 Å². The minimum absolute atomic E-state index is 0.686. The van der Waals surface area contributed by atoms with Gasteiger partial charge in [0.2, 0.25) is 0 Å². The lowest BCUT2D eigenvalue weighted by atomic mass is 9.97. The van der Waals surface area contributed by atoms with Gasteiger partial charge < -0.3 is 10.2 Å². The summed E-state index contributed by atoms with van der Waals surface area (Å²) in [6, 6.07) is 9.26. The van der Waals surface area contributed by atoms with Crippen molar-refractivity contribution < 1.29 is 0 Å². The summed E-state index contributed by atoms with van der Waals surface area (Å²) in [7, 11) is 0. The SMILES string of the molecule is CCC(C)c1ccc(CCN2CCCNCC2)cc1. The highest BCUT2D eigenvalue weighted by Gasteiger charge is 2.08. The van der Waals surface area contributed by atoms with Crippen molar-refractivity contribution in [1.29, 1.82) is 0 Å². The van der Waals surface area contributed by atoms with Gasteiger partial charge in [0.25, 0.3) is 0 Å². The van der Waals surface area contributed by atoms with E-state index in [-0.39, 0.29) is 0 Å². The van der Waals surface area contributed by atoms with Crippen LogP contribution in [0.3, 0.4) is 0 Å². The van der Waals surface area contributed by atoms with Crippen molar-refractivity contribution in [3.05, 3.63) is 35.4 Å². The normalized spacial score (nSPS) is 19.1. The Morgan fingerprint density at radius 3 is 2.68 bits per heavy atom. The van der Waals surface area contributed by atoms with Crippen molar-refractivity contribution in [3.63, 3.8) is 0 Å². The summed E-state index contributed by atoms with van der Waals surface area (Å²) in [6.45, 7) is 10.5. The van der Waals surface area contributed by atoms with Crippen molar-refractivity contribution >= 4 is 0 Å². The third kappa shape index (κ3) is 4.63. The molecular weight excluding hydrogens is 232 g/mol. The Morgan fingerprint density at radius 1 is 1.16 bits per heavy atom. The molecule has 0 bridgehead atoms. The van der Waals surface area contributed by atoms with E-state index in [1.807, 2.05) is 0 Å². The predicted octanol–water partition coefficient (Wildman–Crippen LogP) is 3.04. The smallest absolute Gasteiger partial charge is 0.0107 e. The quantitative estimate of drug-likeness (QED) is 0.875. The first kappa shape index (κ1) is 14.5. The van der Waals surface area contributed by atoms with Crippen LogP contribution in [0.1, 0.15) is 43.7 Å². The summed E-state index contributed by atoms with van der Waals surface area (Å²) >= 11 is 0. The van der Waals surface area contributed by atoms with Crippen LogP contribution in [-0.4, -0.2) is 37.6 Å². The predicted molar refractivity (Wildman–Crippen MR) is 82.8 cm³/mol. The van der Waals surface area contributed by atoms with Crippen LogP contribution < -0.4 is 5.32 Å². The van der Waals surface area contributed by atoms with Crippen molar-refractivity contribution in [3.8, 4) is 0 Å². The molecule has 0 aliphatic carbocycles. The minimum Gasteiger partial charge on any atom is -0.315 e. The Kier molecular flexibility index (Phi) is 5.87. The van der Waals surface area contributed by atoms with E-state index in [1.165, 1.54) is 56.6 Å². The second-order valence-corrected chi connectivity index (χ2v) is 5.75. The van der Waals surface area contributed by atoms with E-state index in [9.17, 15) is 0 Å². The fraction of sp³-hybridized carbons (Fsp3) is 0.647. The van der Waals surface area contributed by atoms with E-state index in [1.54, 1.807) is 0 Å². The first-order valence-corrected chi connectivity index (χ1v) is 7.81. The Hall–Kier alpha value is -0.860. The van der Waals surface area contributed by atoms with Crippen molar-refractivity contribution in [1.82, 2.24) is 10.2 Å². The van der Waals surface area contributed by atoms with Crippen molar-refractivity contribution in [2.75, 3.05) is 32.7 Å². The molecule has 1 aromatic rings. The van der Waals surface area contributed by atoms with Crippen LogP contribution >= 0.6 is 0 Å². The molecule has 106 valence electrons. The number of hydrogen-bond donors (Lipinski definition) is 1. The molecule has 1 aliphatic heterocycles. The molecule has 19 heavy (non-hydrogen) atoms. The van der Waals surface area contributed by atoms with Gasteiger partial charge in [-0.3, -0.25) is 0 Å². The molecule has 2 heteroatoms. The molecule has 1 unspecified atom stereocenters. The van der Waals surface area contributed by atoms with Crippen molar-refractivity contribution in [2.24, 2.45) is 0 Å². The summed E-state index contributed by atoms with van der Waals surface area (Å²) in [5, 5.41) is 3.46.